The largest absolute Gasteiger partial charge is 0.394 e. The zero-order chi connectivity index (χ0) is 19.1. The molecule has 4 N–H and O–H groups in total. The van der Waals surface area contributed by atoms with Gasteiger partial charge in [-0.05, 0) is 12.1 Å². The summed E-state index contributed by atoms with van der Waals surface area (Å²) in [7, 11) is -1.90. The van der Waals surface area contributed by atoms with Gasteiger partial charge in [-0.15, -0.1) is 0 Å². The van der Waals surface area contributed by atoms with E-state index in [1.807, 2.05) is 0 Å². The van der Waals surface area contributed by atoms with Crippen LogP contribution in [0.2, 0.25) is 0 Å². The van der Waals surface area contributed by atoms with Gasteiger partial charge in [-0.25, -0.2) is 22.5 Å². The zero-order valence-electron chi connectivity index (χ0n) is 13.6. The van der Waals surface area contributed by atoms with Crippen LogP contribution in [0.25, 0.3) is 6.08 Å². The van der Waals surface area contributed by atoms with Gasteiger partial charge in [0, 0.05) is 30.6 Å². The highest BCUT2D eigenvalue weighted by molar-refractivity contribution is 7.90. The van der Waals surface area contributed by atoms with Gasteiger partial charge < -0.3 is 15.0 Å². The molecule has 0 saturated carbocycles. The van der Waals surface area contributed by atoms with E-state index in [9.17, 15) is 22.9 Å². The average Bonchev–Trinajstić information content (AvgIpc) is 2.86. The van der Waals surface area contributed by atoms with Gasteiger partial charge in [0.25, 0.3) is 5.91 Å². The van der Waals surface area contributed by atoms with Crippen LogP contribution < -0.4 is 10.0 Å². The molecule has 2 atom stereocenters. The van der Waals surface area contributed by atoms with Crippen LogP contribution in [0.5, 0.6) is 0 Å². The molecule has 26 heavy (non-hydrogen) atoms. The van der Waals surface area contributed by atoms with Crippen LogP contribution in [0, 0.1) is 16.4 Å². The number of rotatable bonds is 3. The van der Waals surface area contributed by atoms with Gasteiger partial charge in [-0.3, -0.25) is 4.79 Å². The van der Waals surface area contributed by atoms with E-state index in [0.29, 0.717) is 0 Å². The minimum atomic E-state index is -3.44. The third-order valence-corrected chi connectivity index (χ3v) is 5.48. The van der Waals surface area contributed by atoms with Gasteiger partial charge in [-0.2, -0.15) is 0 Å². The number of nitrogens with zero attached hydrogens (tertiary/aromatic N) is 1. The van der Waals surface area contributed by atoms with E-state index in [4.69, 9.17) is 4.78 Å². The molecule has 1 aliphatic rings. The Labute approximate surface area is 148 Å². The number of aromatic nitrogens is 1. The Balaban J connectivity index is 2.02. The van der Waals surface area contributed by atoms with Gasteiger partial charge in [0.15, 0.2) is 11.6 Å². The number of aliphatic hydroxyl groups is 1. The molecule has 138 valence electrons. The van der Waals surface area contributed by atoms with Gasteiger partial charge in [0.2, 0.25) is 0 Å². The number of hydrogen-bond donors (Lipinski definition) is 4. The number of fused-ring (bicyclic) bond motifs is 1. The monoisotopic (exact) mass is 382 g/mol. The van der Waals surface area contributed by atoms with Crippen LogP contribution in [0.15, 0.2) is 35.4 Å². The quantitative estimate of drug-likeness (QED) is 0.651. The Kier molecular flexibility index (Phi) is 4.65. The second-order valence-electron chi connectivity index (χ2n) is 5.77. The highest BCUT2D eigenvalue weighted by Gasteiger charge is 2.28. The van der Waals surface area contributed by atoms with Crippen LogP contribution >= 0.6 is 0 Å². The molecule has 7 nitrogen and oxygen atoms in total. The molecule has 0 radical (unpaired) electrons. The van der Waals surface area contributed by atoms with Crippen molar-refractivity contribution in [3.8, 4) is 0 Å². The summed E-state index contributed by atoms with van der Waals surface area (Å²) in [6, 6.07) is 2.26. The van der Waals surface area contributed by atoms with Gasteiger partial charge in [0.05, 0.1) is 17.5 Å². The summed E-state index contributed by atoms with van der Waals surface area (Å²) in [4.78, 5) is 12.7. The minimum Gasteiger partial charge on any atom is -0.394 e. The smallest absolute Gasteiger partial charge is 0.272 e. The molecule has 10 heteroatoms. The molecular formula is C16H16F2N4O3S. The number of hydrogen-bond acceptors (Lipinski definition) is 4. The van der Waals surface area contributed by atoms with E-state index >= 15 is 0 Å². The number of carbonyl (C=O) groups excluding carboxylic acids is 1. The fourth-order valence-corrected chi connectivity index (χ4v) is 4.17. The highest BCUT2D eigenvalue weighted by Crippen LogP contribution is 2.27. The lowest BCUT2D eigenvalue weighted by molar-refractivity contribution is 0.101. The third-order valence-electron chi connectivity index (χ3n) is 3.90. The van der Waals surface area contributed by atoms with Crippen molar-refractivity contribution in [1.29, 1.82) is 4.78 Å². The first-order valence-electron chi connectivity index (χ1n) is 7.54. The molecule has 0 bridgehead atoms. The first kappa shape index (κ1) is 18.2. The Hall–Kier alpha value is -2.56. The van der Waals surface area contributed by atoms with Crippen LogP contribution in [0.3, 0.4) is 0 Å². The highest BCUT2D eigenvalue weighted by atomic mass is 32.2. The second-order valence-corrected chi connectivity index (χ2v) is 7.56. The van der Waals surface area contributed by atoms with Crippen molar-refractivity contribution in [2.75, 3.05) is 11.9 Å². The predicted molar refractivity (Wildman–Crippen MR) is 91.9 cm³/mol. The Morgan fingerprint density at radius 1 is 1.42 bits per heavy atom. The molecule has 0 spiro atoms. The van der Waals surface area contributed by atoms with Crippen molar-refractivity contribution in [3.63, 3.8) is 0 Å². The normalized spacial score (nSPS) is 21.9. The van der Waals surface area contributed by atoms with Crippen LogP contribution in [-0.4, -0.2) is 32.4 Å². The fourth-order valence-electron chi connectivity index (χ4n) is 2.68. The first-order valence-corrected chi connectivity index (χ1v) is 9.09. The summed E-state index contributed by atoms with van der Waals surface area (Å²) >= 11 is 0. The summed E-state index contributed by atoms with van der Waals surface area (Å²) < 4.78 is 50.9. The maximum Gasteiger partial charge on any atom is 0.272 e. The van der Waals surface area contributed by atoms with E-state index in [-0.39, 0.29) is 28.4 Å². The van der Waals surface area contributed by atoms with E-state index < -0.39 is 33.5 Å². The molecule has 0 saturated heterocycles. The first-order chi connectivity index (χ1) is 12.2. The van der Waals surface area contributed by atoms with E-state index in [1.165, 1.54) is 29.0 Å². The van der Waals surface area contributed by atoms with Crippen LogP contribution in [0.4, 0.5) is 14.5 Å². The Morgan fingerprint density at radius 2 is 2.15 bits per heavy atom. The van der Waals surface area contributed by atoms with E-state index in [2.05, 4.69) is 10.0 Å². The second kappa shape index (κ2) is 6.63. The number of aliphatic hydroxyl groups excluding tert-OH is 1. The summed E-state index contributed by atoms with van der Waals surface area (Å²) in [5.41, 5.74) is 0.414. The summed E-state index contributed by atoms with van der Waals surface area (Å²) in [5.74, 6) is -2.77. The number of amides is 1. The molecule has 1 amide bonds. The van der Waals surface area contributed by atoms with Crippen molar-refractivity contribution in [2.45, 2.75) is 10.9 Å². The summed E-state index contributed by atoms with van der Waals surface area (Å²) in [6.07, 6.45) is 4.40. The van der Waals surface area contributed by atoms with Gasteiger partial charge in [0.1, 0.15) is 15.6 Å². The predicted octanol–water partition coefficient (Wildman–Crippen LogP) is 1.85. The minimum absolute atomic E-state index is 0.0550. The van der Waals surface area contributed by atoms with Gasteiger partial charge in [-0.1, -0.05) is 12.2 Å². The molecule has 1 aromatic carbocycles. The van der Waals surface area contributed by atoms with Crippen molar-refractivity contribution >= 4 is 27.6 Å². The molecule has 1 aromatic heterocycles. The average molecular weight is 382 g/mol. The maximum absolute atomic E-state index is 13.3. The summed E-state index contributed by atoms with van der Waals surface area (Å²) in [5, 5.41) is 11.7. The lowest BCUT2D eigenvalue weighted by atomic mass is 10.1. The number of benzene rings is 1. The molecular weight excluding hydrogens is 366 g/mol. The SMILES string of the molecule is Cn1cc2c(c1C(=O)Nc1ccc(F)c(F)c1)C=C[C@H](CO)NS2(=N)=O. The fraction of sp³-hybridized carbons (Fsp3) is 0.188. The van der Waals surface area contributed by atoms with Crippen LogP contribution in [0.1, 0.15) is 16.1 Å². The van der Waals surface area contributed by atoms with E-state index in [1.54, 1.807) is 7.05 Å². The molecule has 0 aliphatic carbocycles. The molecule has 1 aliphatic heterocycles. The molecule has 2 aromatic rings. The molecule has 0 fully saturated rings. The Morgan fingerprint density at radius 3 is 2.81 bits per heavy atom. The zero-order valence-corrected chi connectivity index (χ0v) is 14.4. The lowest BCUT2D eigenvalue weighted by Crippen LogP contribution is -2.34. The third kappa shape index (κ3) is 3.26. The lowest BCUT2D eigenvalue weighted by Gasteiger charge is -2.12. The standard InChI is InChI=1S/C16H16F2N4O3S/c1-22-7-14-11(4-2-10(8-23)21-26(14,19)25)15(22)16(24)20-9-3-5-12(17)13(18)6-9/h2-7,10,23H,8H2,1H3,(H,20,24)(H2,19,21,25)/t10-,26?/m1/s1. The Bertz CT molecular complexity index is 1010. The number of aryl methyl sites for hydroxylation is 1. The number of carbonyl (C=O) groups is 1. The number of halogens is 2. The van der Waals surface area contributed by atoms with E-state index in [0.717, 1.165) is 12.1 Å². The van der Waals surface area contributed by atoms with Crippen molar-refractivity contribution < 1.29 is 22.9 Å². The molecule has 3 rings (SSSR count). The molecule has 1 unspecified atom stereocenters. The van der Waals surface area contributed by atoms with Crippen molar-refractivity contribution in [3.05, 3.63) is 53.4 Å². The van der Waals surface area contributed by atoms with Crippen molar-refractivity contribution in [1.82, 2.24) is 9.29 Å². The number of anilines is 1. The summed E-state index contributed by atoms with van der Waals surface area (Å²) in [6.45, 7) is -0.362. The maximum atomic E-state index is 13.3. The topological polar surface area (TPSA) is 107 Å². The van der Waals surface area contributed by atoms with Gasteiger partial charge >= 0.3 is 0 Å². The molecule has 2 heterocycles. The number of nitrogens with one attached hydrogen (secondary N) is 3. The van der Waals surface area contributed by atoms with Crippen molar-refractivity contribution in [2.24, 2.45) is 7.05 Å². The van der Waals surface area contributed by atoms with Crippen LogP contribution in [-0.2, 0) is 17.0 Å².